The number of benzene rings is 1. The molecule has 3 heteroatoms. The fourth-order valence-corrected chi connectivity index (χ4v) is 3.43. The van der Waals surface area contributed by atoms with Crippen LogP contribution in [0.1, 0.15) is 49.8 Å². The van der Waals surface area contributed by atoms with E-state index >= 15 is 0 Å². The molecule has 1 unspecified atom stereocenters. The molecule has 2 aromatic rings. The van der Waals surface area contributed by atoms with E-state index in [2.05, 4.69) is 64.6 Å². The maximum Gasteiger partial charge on any atom is 0.130 e. The number of pyridine rings is 1. The van der Waals surface area contributed by atoms with Crippen molar-refractivity contribution in [1.82, 2.24) is 9.88 Å². The number of nitrogens with one attached hydrogen (secondary N) is 1. The summed E-state index contributed by atoms with van der Waals surface area (Å²) in [6.45, 7) is 5.36. The first kappa shape index (κ1) is 16.0. The van der Waals surface area contributed by atoms with Gasteiger partial charge in [0.2, 0.25) is 0 Å². The number of hydrogen-bond donors (Lipinski definition) is 1. The lowest BCUT2D eigenvalue weighted by Crippen LogP contribution is -2.33. The van der Waals surface area contributed by atoms with Gasteiger partial charge >= 0.3 is 0 Å². The van der Waals surface area contributed by atoms with Crippen molar-refractivity contribution in [2.45, 2.75) is 45.2 Å². The van der Waals surface area contributed by atoms with Crippen molar-refractivity contribution in [3.63, 3.8) is 0 Å². The van der Waals surface area contributed by atoms with Gasteiger partial charge in [0.05, 0.1) is 0 Å². The van der Waals surface area contributed by atoms with Gasteiger partial charge in [0.15, 0.2) is 0 Å². The van der Waals surface area contributed by atoms with E-state index in [0.717, 1.165) is 25.3 Å². The Bertz CT molecular complexity index is 597. The van der Waals surface area contributed by atoms with Gasteiger partial charge in [0.1, 0.15) is 5.82 Å². The van der Waals surface area contributed by atoms with Crippen LogP contribution in [0.5, 0.6) is 0 Å². The zero-order chi connectivity index (χ0) is 15.9. The van der Waals surface area contributed by atoms with Crippen molar-refractivity contribution in [3.8, 4) is 0 Å². The average Bonchev–Trinajstić information content (AvgIpc) is 2.62. The maximum absolute atomic E-state index is 4.60. The summed E-state index contributed by atoms with van der Waals surface area (Å²) in [5, 5.41) is 3.51. The van der Waals surface area contributed by atoms with E-state index in [9.17, 15) is 0 Å². The molecule has 1 aromatic heterocycles. The van der Waals surface area contributed by atoms with E-state index < -0.39 is 0 Å². The minimum atomic E-state index is 0.469. The first-order chi connectivity index (χ1) is 11.4. The Morgan fingerprint density at radius 2 is 2.00 bits per heavy atom. The van der Waals surface area contributed by atoms with Gasteiger partial charge in [-0.2, -0.15) is 0 Å². The second-order valence-corrected chi connectivity index (χ2v) is 6.34. The SMILES string of the molecule is CCCNc1ncccc1C1CCCCN1Cc1ccccc1. The molecule has 3 nitrogen and oxygen atoms in total. The lowest BCUT2D eigenvalue weighted by molar-refractivity contribution is 0.140. The predicted octanol–water partition coefficient (Wildman–Crippen LogP) is 4.63. The van der Waals surface area contributed by atoms with Crippen LogP contribution in [0.3, 0.4) is 0 Å². The van der Waals surface area contributed by atoms with Crippen LogP contribution in [0.2, 0.25) is 0 Å². The molecule has 1 aromatic carbocycles. The summed E-state index contributed by atoms with van der Waals surface area (Å²) in [6.07, 6.45) is 6.83. The van der Waals surface area contributed by atoms with Gasteiger partial charge in [0.25, 0.3) is 0 Å². The fraction of sp³-hybridized carbons (Fsp3) is 0.450. The topological polar surface area (TPSA) is 28.2 Å². The van der Waals surface area contributed by atoms with Gasteiger partial charge in [0, 0.05) is 30.9 Å². The van der Waals surface area contributed by atoms with E-state index in [1.807, 2.05) is 6.20 Å². The van der Waals surface area contributed by atoms with E-state index in [1.54, 1.807) is 0 Å². The van der Waals surface area contributed by atoms with Gasteiger partial charge in [-0.05, 0) is 37.4 Å². The van der Waals surface area contributed by atoms with Crippen LogP contribution in [-0.4, -0.2) is 23.0 Å². The molecule has 2 heterocycles. The summed E-state index contributed by atoms with van der Waals surface area (Å²) in [4.78, 5) is 7.21. The zero-order valence-corrected chi connectivity index (χ0v) is 14.0. The Hall–Kier alpha value is -1.87. The standard InChI is InChI=1S/C20H27N3/c1-2-13-21-20-18(11-8-14-22-20)19-12-6-7-15-23(19)16-17-9-4-3-5-10-17/h3-5,8-11,14,19H,2,6-7,12-13,15-16H2,1H3,(H,21,22). The Morgan fingerprint density at radius 1 is 1.13 bits per heavy atom. The minimum absolute atomic E-state index is 0.469. The number of aromatic nitrogens is 1. The molecule has 0 aliphatic carbocycles. The molecule has 1 N–H and O–H groups in total. The highest BCUT2D eigenvalue weighted by Gasteiger charge is 2.26. The van der Waals surface area contributed by atoms with Gasteiger partial charge < -0.3 is 5.32 Å². The molecular formula is C20H27N3. The maximum atomic E-state index is 4.60. The van der Waals surface area contributed by atoms with Crippen LogP contribution in [0.4, 0.5) is 5.82 Å². The molecule has 1 atom stereocenters. The third-order valence-corrected chi connectivity index (χ3v) is 4.58. The molecule has 23 heavy (non-hydrogen) atoms. The second kappa shape index (κ2) is 8.11. The van der Waals surface area contributed by atoms with Crippen molar-refractivity contribution in [3.05, 3.63) is 59.8 Å². The van der Waals surface area contributed by atoms with Crippen molar-refractivity contribution in [2.75, 3.05) is 18.4 Å². The lowest BCUT2D eigenvalue weighted by Gasteiger charge is -2.36. The Balaban J connectivity index is 1.81. The Labute approximate surface area is 139 Å². The lowest BCUT2D eigenvalue weighted by atomic mass is 9.95. The Kier molecular flexibility index (Phi) is 5.65. The van der Waals surface area contributed by atoms with Gasteiger partial charge in [-0.3, -0.25) is 4.90 Å². The summed E-state index contributed by atoms with van der Waals surface area (Å²) in [5.41, 5.74) is 2.75. The van der Waals surface area contributed by atoms with Crippen LogP contribution in [0.25, 0.3) is 0 Å². The summed E-state index contributed by atoms with van der Waals surface area (Å²) >= 11 is 0. The van der Waals surface area contributed by atoms with Crippen LogP contribution in [0, 0.1) is 0 Å². The largest absolute Gasteiger partial charge is 0.370 e. The number of rotatable bonds is 6. The van der Waals surface area contributed by atoms with Crippen molar-refractivity contribution in [1.29, 1.82) is 0 Å². The van der Waals surface area contributed by atoms with E-state index in [0.29, 0.717) is 6.04 Å². The number of hydrogen-bond acceptors (Lipinski definition) is 3. The average molecular weight is 309 g/mol. The highest BCUT2D eigenvalue weighted by molar-refractivity contribution is 5.46. The van der Waals surface area contributed by atoms with E-state index in [4.69, 9.17) is 0 Å². The molecule has 0 bridgehead atoms. The first-order valence-corrected chi connectivity index (χ1v) is 8.85. The Morgan fingerprint density at radius 3 is 2.83 bits per heavy atom. The third-order valence-electron chi connectivity index (χ3n) is 4.58. The molecular weight excluding hydrogens is 282 g/mol. The first-order valence-electron chi connectivity index (χ1n) is 8.85. The van der Waals surface area contributed by atoms with Crippen LogP contribution in [-0.2, 0) is 6.54 Å². The van der Waals surface area contributed by atoms with Gasteiger partial charge in [-0.1, -0.05) is 49.7 Å². The molecule has 122 valence electrons. The number of anilines is 1. The quantitative estimate of drug-likeness (QED) is 0.843. The van der Waals surface area contributed by atoms with Crippen LogP contribution < -0.4 is 5.32 Å². The predicted molar refractivity (Wildman–Crippen MR) is 96.5 cm³/mol. The summed E-state index contributed by atoms with van der Waals surface area (Å²) in [5.74, 6) is 1.07. The molecule has 1 aliphatic rings. The van der Waals surface area contributed by atoms with E-state index in [-0.39, 0.29) is 0 Å². The molecule has 3 rings (SSSR count). The number of nitrogens with zero attached hydrogens (tertiary/aromatic N) is 2. The molecule has 0 amide bonds. The molecule has 0 spiro atoms. The molecule has 1 aliphatic heterocycles. The summed E-state index contributed by atoms with van der Waals surface area (Å²) in [7, 11) is 0. The smallest absolute Gasteiger partial charge is 0.130 e. The van der Waals surface area contributed by atoms with Gasteiger partial charge in [-0.25, -0.2) is 4.98 Å². The normalized spacial score (nSPS) is 18.7. The van der Waals surface area contributed by atoms with Crippen molar-refractivity contribution < 1.29 is 0 Å². The minimum Gasteiger partial charge on any atom is -0.370 e. The number of piperidine rings is 1. The monoisotopic (exact) mass is 309 g/mol. The third kappa shape index (κ3) is 4.11. The van der Waals surface area contributed by atoms with Crippen LogP contribution >= 0.6 is 0 Å². The zero-order valence-electron chi connectivity index (χ0n) is 14.0. The fourth-order valence-electron chi connectivity index (χ4n) is 3.43. The highest BCUT2D eigenvalue weighted by atomic mass is 15.2. The molecule has 1 saturated heterocycles. The molecule has 0 radical (unpaired) electrons. The molecule has 1 fully saturated rings. The van der Waals surface area contributed by atoms with Crippen molar-refractivity contribution in [2.24, 2.45) is 0 Å². The molecule has 0 saturated carbocycles. The van der Waals surface area contributed by atoms with Crippen LogP contribution in [0.15, 0.2) is 48.7 Å². The van der Waals surface area contributed by atoms with Crippen molar-refractivity contribution >= 4 is 5.82 Å². The second-order valence-electron chi connectivity index (χ2n) is 6.34. The van der Waals surface area contributed by atoms with E-state index in [1.165, 1.54) is 36.9 Å². The summed E-state index contributed by atoms with van der Waals surface area (Å²) in [6, 6.07) is 15.6. The summed E-state index contributed by atoms with van der Waals surface area (Å²) < 4.78 is 0. The highest BCUT2D eigenvalue weighted by Crippen LogP contribution is 2.35. The van der Waals surface area contributed by atoms with Gasteiger partial charge in [-0.15, -0.1) is 0 Å². The number of likely N-dealkylation sites (tertiary alicyclic amines) is 1.